The summed E-state index contributed by atoms with van der Waals surface area (Å²) in [5, 5.41) is 3.16. The fourth-order valence-electron chi connectivity index (χ4n) is 3.18. The lowest BCUT2D eigenvalue weighted by Gasteiger charge is -2.40. The summed E-state index contributed by atoms with van der Waals surface area (Å²) >= 11 is 0. The van der Waals surface area contributed by atoms with Gasteiger partial charge in [0, 0.05) is 32.0 Å². The number of ether oxygens (including phenoxy) is 2. The van der Waals surface area contributed by atoms with Crippen molar-refractivity contribution in [2.45, 2.75) is 25.7 Å². The number of hydrogen-bond acceptors (Lipinski definition) is 3. The topological polar surface area (TPSA) is 68.9 Å². The summed E-state index contributed by atoms with van der Waals surface area (Å²) < 4.78 is 11.1. The molecule has 0 atom stereocenters. The number of aliphatic imine (C=N–C) groups is 1. The fraction of sp³-hybridized carbons (Fsp3) is 0.381. The lowest BCUT2D eigenvalue weighted by molar-refractivity contribution is 0.0780. The van der Waals surface area contributed by atoms with Crippen LogP contribution in [0.15, 0.2) is 59.6 Å². The van der Waals surface area contributed by atoms with Gasteiger partial charge in [0.15, 0.2) is 5.96 Å². The second-order valence-corrected chi connectivity index (χ2v) is 6.87. The minimum absolute atomic E-state index is 0.264. The van der Waals surface area contributed by atoms with Gasteiger partial charge >= 0.3 is 0 Å². The summed E-state index contributed by atoms with van der Waals surface area (Å²) in [6.45, 7) is 1.52. The molecule has 2 aromatic carbocycles. The highest BCUT2D eigenvalue weighted by molar-refractivity contribution is 5.92. The molecule has 1 fully saturated rings. The fourth-order valence-corrected chi connectivity index (χ4v) is 3.18. The van der Waals surface area contributed by atoms with Crippen molar-refractivity contribution < 1.29 is 9.47 Å². The average Bonchev–Trinajstić information content (AvgIpc) is 2.62. The molecular weight excluding hydrogens is 326 g/mol. The van der Waals surface area contributed by atoms with E-state index in [-0.39, 0.29) is 5.41 Å². The molecule has 0 aromatic heterocycles. The normalized spacial score (nSPS) is 16.0. The van der Waals surface area contributed by atoms with Crippen molar-refractivity contribution in [3.63, 3.8) is 0 Å². The number of nitrogens with one attached hydrogen (secondary N) is 1. The van der Waals surface area contributed by atoms with Crippen molar-refractivity contribution in [3.8, 4) is 11.5 Å². The van der Waals surface area contributed by atoms with E-state index in [1.165, 1.54) is 19.3 Å². The van der Waals surface area contributed by atoms with Gasteiger partial charge in [-0.15, -0.1) is 0 Å². The summed E-state index contributed by atoms with van der Waals surface area (Å²) in [5.74, 6) is 1.99. The van der Waals surface area contributed by atoms with E-state index in [2.05, 4.69) is 10.3 Å². The first-order chi connectivity index (χ1) is 12.7. The largest absolute Gasteiger partial charge is 0.457 e. The van der Waals surface area contributed by atoms with Gasteiger partial charge in [0.05, 0.1) is 0 Å². The number of rotatable bonds is 8. The van der Waals surface area contributed by atoms with Crippen molar-refractivity contribution in [1.29, 1.82) is 0 Å². The first-order valence-electron chi connectivity index (χ1n) is 9.08. The first kappa shape index (κ1) is 18.3. The van der Waals surface area contributed by atoms with Gasteiger partial charge in [0.1, 0.15) is 11.5 Å². The molecule has 1 aliphatic carbocycles. The number of benzene rings is 2. The molecule has 0 spiro atoms. The van der Waals surface area contributed by atoms with Crippen molar-refractivity contribution in [2.24, 2.45) is 16.1 Å². The van der Waals surface area contributed by atoms with Crippen LogP contribution in [0.2, 0.25) is 0 Å². The first-order valence-corrected chi connectivity index (χ1v) is 9.08. The molecule has 0 amide bonds. The molecule has 5 nitrogen and oxygen atoms in total. The monoisotopic (exact) mass is 353 g/mol. The zero-order valence-corrected chi connectivity index (χ0v) is 15.3. The Kier molecular flexibility index (Phi) is 6.12. The zero-order valence-electron chi connectivity index (χ0n) is 15.3. The second kappa shape index (κ2) is 8.72. The standard InChI is InChI=1S/C21H27N3O2/c1-25-14-13-21(11-6-12-21)16-23-20(22)24-17-7-5-10-19(15-17)26-18-8-3-2-4-9-18/h2-5,7-10,15H,6,11-14,16H2,1H3,(H3,22,23,24). The highest BCUT2D eigenvalue weighted by atomic mass is 16.5. The van der Waals surface area contributed by atoms with Gasteiger partial charge in [0.25, 0.3) is 0 Å². The predicted octanol–water partition coefficient (Wildman–Crippen LogP) is 4.41. The van der Waals surface area contributed by atoms with Crippen molar-refractivity contribution in [2.75, 3.05) is 25.6 Å². The highest BCUT2D eigenvalue weighted by Crippen LogP contribution is 2.44. The van der Waals surface area contributed by atoms with Crippen LogP contribution in [0.3, 0.4) is 0 Å². The third kappa shape index (κ3) is 4.99. The van der Waals surface area contributed by atoms with Gasteiger partial charge in [-0.3, -0.25) is 4.99 Å². The van der Waals surface area contributed by atoms with Crippen LogP contribution >= 0.6 is 0 Å². The molecule has 0 unspecified atom stereocenters. The Morgan fingerprint density at radius 1 is 1.12 bits per heavy atom. The van der Waals surface area contributed by atoms with Crippen molar-refractivity contribution >= 4 is 11.6 Å². The maximum Gasteiger partial charge on any atom is 0.193 e. The van der Waals surface area contributed by atoms with E-state index in [4.69, 9.17) is 15.2 Å². The zero-order chi connectivity index (χ0) is 18.2. The molecule has 0 aliphatic heterocycles. The van der Waals surface area contributed by atoms with E-state index in [9.17, 15) is 0 Å². The lowest BCUT2D eigenvalue weighted by Crippen LogP contribution is -2.35. The lowest BCUT2D eigenvalue weighted by atomic mass is 9.67. The van der Waals surface area contributed by atoms with Crippen LogP contribution in [0.4, 0.5) is 5.69 Å². The predicted molar refractivity (Wildman–Crippen MR) is 106 cm³/mol. The Bertz CT molecular complexity index is 727. The molecule has 0 bridgehead atoms. The van der Waals surface area contributed by atoms with Gasteiger partial charge in [-0.05, 0) is 48.9 Å². The maximum atomic E-state index is 6.09. The third-order valence-electron chi connectivity index (χ3n) is 4.92. The van der Waals surface area contributed by atoms with Gasteiger partial charge in [-0.1, -0.05) is 30.7 Å². The number of methoxy groups -OCH3 is 1. The molecule has 2 aromatic rings. The van der Waals surface area contributed by atoms with Crippen LogP contribution in [0, 0.1) is 5.41 Å². The van der Waals surface area contributed by atoms with Crippen molar-refractivity contribution in [1.82, 2.24) is 0 Å². The number of hydrogen-bond donors (Lipinski definition) is 2. The minimum atomic E-state index is 0.264. The van der Waals surface area contributed by atoms with E-state index in [0.717, 1.165) is 36.8 Å². The highest BCUT2D eigenvalue weighted by Gasteiger charge is 2.36. The summed E-state index contributed by atoms with van der Waals surface area (Å²) in [5.41, 5.74) is 7.21. The molecule has 5 heteroatoms. The molecule has 3 N–H and O–H groups in total. The Morgan fingerprint density at radius 3 is 2.58 bits per heavy atom. The van der Waals surface area contributed by atoms with Gasteiger partial charge in [0.2, 0.25) is 0 Å². The number of guanidine groups is 1. The number of nitrogens with two attached hydrogens (primary N) is 1. The van der Waals surface area contributed by atoms with E-state index in [1.807, 2.05) is 54.6 Å². The van der Waals surface area contributed by atoms with E-state index < -0.39 is 0 Å². The number of nitrogens with zero attached hydrogens (tertiary/aromatic N) is 1. The average molecular weight is 353 g/mol. The van der Waals surface area contributed by atoms with E-state index in [1.54, 1.807) is 7.11 Å². The van der Waals surface area contributed by atoms with Crippen LogP contribution < -0.4 is 15.8 Å². The molecule has 0 heterocycles. The smallest absolute Gasteiger partial charge is 0.193 e. The minimum Gasteiger partial charge on any atom is -0.457 e. The molecule has 26 heavy (non-hydrogen) atoms. The summed E-state index contributed by atoms with van der Waals surface area (Å²) in [7, 11) is 1.75. The van der Waals surface area contributed by atoms with E-state index in [0.29, 0.717) is 5.96 Å². The van der Waals surface area contributed by atoms with Gasteiger partial charge < -0.3 is 20.5 Å². The Labute approximate surface area is 155 Å². The SMILES string of the molecule is COCCC1(CN=C(N)Nc2cccc(Oc3ccccc3)c2)CCC1. The van der Waals surface area contributed by atoms with Crippen LogP contribution in [-0.4, -0.2) is 26.2 Å². The summed E-state index contributed by atoms with van der Waals surface area (Å²) in [6.07, 6.45) is 4.72. The molecule has 0 saturated heterocycles. The van der Waals surface area contributed by atoms with Crippen LogP contribution in [0.1, 0.15) is 25.7 Å². The third-order valence-corrected chi connectivity index (χ3v) is 4.92. The van der Waals surface area contributed by atoms with Crippen LogP contribution in [-0.2, 0) is 4.74 Å². The second-order valence-electron chi connectivity index (χ2n) is 6.87. The molecule has 3 rings (SSSR count). The Balaban J connectivity index is 1.58. The van der Waals surface area contributed by atoms with Crippen LogP contribution in [0.5, 0.6) is 11.5 Å². The number of para-hydroxylation sites is 1. The molecule has 0 radical (unpaired) electrons. The molecule has 138 valence electrons. The number of anilines is 1. The van der Waals surface area contributed by atoms with E-state index >= 15 is 0 Å². The molecule has 1 saturated carbocycles. The summed E-state index contributed by atoms with van der Waals surface area (Å²) in [6, 6.07) is 17.4. The van der Waals surface area contributed by atoms with Crippen molar-refractivity contribution in [3.05, 3.63) is 54.6 Å². The van der Waals surface area contributed by atoms with Crippen LogP contribution in [0.25, 0.3) is 0 Å². The molecular formula is C21H27N3O2. The quantitative estimate of drug-likeness (QED) is 0.545. The van der Waals surface area contributed by atoms with Gasteiger partial charge in [-0.25, -0.2) is 0 Å². The Hall–Kier alpha value is -2.53. The maximum absolute atomic E-state index is 6.09. The molecule has 1 aliphatic rings. The summed E-state index contributed by atoms with van der Waals surface area (Å²) in [4.78, 5) is 4.57. The Morgan fingerprint density at radius 2 is 1.88 bits per heavy atom. The van der Waals surface area contributed by atoms with Gasteiger partial charge in [-0.2, -0.15) is 0 Å².